The van der Waals surface area contributed by atoms with Crippen LogP contribution in [0.15, 0.2) is 126 Å². The minimum absolute atomic E-state index is 0. The Kier molecular flexibility index (Phi) is 8.93. The Balaban J connectivity index is 0.000000178. The molecule has 0 aliphatic carbocycles. The number of para-hydroxylation sites is 1. The summed E-state index contributed by atoms with van der Waals surface area (Å²) in [5.74, 6) is -1.00. The van der Waals surface area contributed by atoms with E-state index < -0.39 is 20.8 Å². The van der Waals surface area contributed by atoms with Crippen LogP contribution in [-0.2, 0) is 20.1 Å². The van der Waals surface area contributed by atoms with Crippen molar-refractivity contribution in [2.24, 2.45) is 0 Å². The Morgan fingerprint density at radius 2 is 1.57 bits per heavy atom. The van der Waals surface area contributed by atoms with Crippen molar-refractivity contribution >= 4 is 66.7 Å². The molecular weight excluding hydrogens is 863 g/mol. The standard InChI is InChI=1S/C25H19N2O.C21H20NSSi.Ir/c1-16(18-8-4-3-5-9-18)19-12-13-26-22(14-19)21-15-27-17(2)24-20-10-6-7-11-23(20)28-25(21)24;1-14-9-11-16(18-12-10-15(13-22-18)24(2,3)4)21-20(14)17-7-5-6-8-19(17)23-21;/h3-14,16H,1-2H3;5-10,12-13H,1-4H3;/q2*-1;/i2D3,16D;;. The molecule has 7 heteroatoms. The summed E-state index contributed by atoms with van der Waals surface area (Å²) in [5, 5.41) is 5.20. The fourth-order valence-electron chi connectivity index (χ4n) is 6.61. The van der Waals surface area contributed by atoms with Crippen molar-refractivity contribution < 1.29 is 30.0 Å². The number of thiophene rings is 1. The van der Waals surface area contributed by atoms with E-state index in [9.17, 15) is 0 Å². The zero-order chi connectivity index (χ0) is 39.4. The van der Waals surface area contributed by atoms with E-state index in [1.165, 1.54) is 30.9 Å². The maximum atomic E-state index is 8.98. The van der Waals surface area contributed by atoms with E-state index >= 15 is 0 Å². The predicted octanol–water partition coefficient (Wildman–Crippen LogP) is 12.1. The molecule has 0 N–H and O–H groups in total. The second kappa shape index (κ2) is 14.9. The minimum atomic E-state index is -2.41. The molecule has 5 aromatic heterocycles. The Bertz CT molecular complexity index is 2880. The van der Waals surface area contributed by atoms with Gasteiger partial charge in [0, 0.05) is 54.0 Å². The van der Waals surface area contributed by atoms with Gasteiger partial charge in [-0.3, -0.25) is 0 Å². The van der Waals surface area contributed by atoms with Crippen LogP contribution < -0.4 is 5.19 Å². The number of benzene rings is 4. The number of aryl methyl sites for hydroxylation is 2. The van der Waals surface area contributed by atoms with E-state index in [-0.39, 0.29) is 25.8 Å². The van der Waals surface area contributed by atoms with Gasteiger partial charge in [-0.2, -0.15) is 11.3 Å². The topological polar surface area (TPSA) is 51.8 Å². The Morgan fingerprint density at radius 3 is 2.32 bits per heavy atom. The molecule has 0 amide bonds. The van der Waals surface area contributed by atoms with Gasteiger partial charge in [0.2, 0.25) is 0 Å². The first-order valence-corrected chi connectivity index (χ1v) is 21.6. The van der Waals surface area contributed by atoms with Crippen LogP contribution in [0.2, 0.25) is 19.6 Å². The summed E-state index contributed by atoms with van der Waals surface area (Å²) in [6, 6.07) is 39.1. The third-order valence-corrected chi connectivity index (χ3v) is 12.7. The first kappa shape index (κ1) is 31.7. The summed E-state index contributed by atoms with van der Waals surface area (Å²) in [4.78, 5) is 13.4. The van der Waals surface area contributed by atoms with Crippen LogP contribution in [0, 0.1) is 26.0 Å². The fraction of sp³-hybridized carbons (Fsp3) is 0.152. The molecule has 4 nitrogen and oxygen atoms in total. The number of pyridine rings is 3. The molecule has 0 fully saturated rings. The quantitative estimate of drug-likeness (QED) is 0.128. The molecule has 0 bridgehead atoms. The monoisotopic (exact) mass is 906 g/mol. The summed E-state index contributed by atoms with van der Waals surface area (Å²) < 4.78 is 41.5. The number of furan rings is 1. The van der Waals surface area contributed by atoms with Gasteiger partial charge in [-0.25, -0.2) is 0 Å². The number of fused-ring (bicyclic) bond motifs is 6. The Labute approximate surface area is 335 Å². The summed E-state index contributed by atoms with van der Waals surface area (Å²) >= 11 is 1.84. The molecule has 1 unspecified atom stereocenters. The van der Waals surface area contributed by atoms with Crippen LogP contribution in [0.5, 0.6) is 0 Å². The molecule has 53 heavy (non-hydrogen) atoms. The maximum absolute atomic E-state index is 8.98. The van der Waals surface area contributed by atoms with Crippen molar-refractivity contribution in [3.63, 3.8) is 0 Å². The van der Waals surface area contributed by atoms with E-state index in [4.69, 9.17) is 14.9 Å². The Hall–Kier alpha value is -4.78. The van der Waals surface area contributed by atoms with Crippen LogP contribution in [0.4, 0.5) is 0 Å². The second-order valence-electron chi connectivity index (χ2n) is 14.0. The second-order valence-corrected chi connectivity index (χ2v) is 20.1. The van der Waals surface area contributed by atoms with Crippen molar-refractivity contribution in [2.75, 3.05) is 0 Å². The third-order valence-electron chi connectivity index (χ3n) is 9.53. The molecule has 0 aliphatic heterocycles. The molecule has 5 heterocycles. The molecule has 9 aromatic rings. The van der Waals surface area contributed by atoms with E-state index in [2.05, 4.69) is 97.5 Å². The van der Waals surface area contributed by atoms with Crippen molar-refractivity contribution in [2.45, 2.75) is 46.2 Å². The summed E-state index contributed by atoms with van der Waals surface area (Å²) in [7, 11) is -1.32. The molecule has 4 aromatic carbocycles. The normalized spacial score (nSPS) is 14.1. The van der Waals surface area contributed by atoms with Crippen molar-refractivity contribution in [1.29, 1.82) is 0 Å². The molecule has 265 valence electrons. The smallest absolute Gasteiger partial charge is 0.121 e. The third kappa shape index (κ3) is 7.03. The number of aromatic nitrogens is 3. The minimum Gasteiger partial charge on any atom is -0.500 e. The van der Waals surface area contributed by atoms with Gasteiger partial charge in [-0.15, -0.1) is 23.3 Å². The van der Waals surface area contributed by atoms with E-state index in [1.807, 2.05) is 78.9 Å². The summed E-state index contributed by atoms with van der Waals surface area (Å²) in [5.41, 5.74) is 6.91. The summed E-state index contributed by atoms with van der Waals surface area (Å²) in [6.45, 7) is 8.65. The van der Waals surface area contributed by atoms with Crippen LogP contribution in [0.3, 0.4) is 0 Å². The number of nitrogens with zero attached hydrogens (tertiary/aromatic N) is 3. The molecule has 0 saturated heterocycles. The van der Waals surface area contributed by atoms with Gasteiger partial charge in [0.1, 0.15) is 5.58 Å². The zero-order valence-electron chi connectivity index (χ0n) is 34.0. The Morgan fingerprint density at radius 1 is 0.811 bits per heavy atom. The molecule has 0 spiro atoms. The molecule has 9 rings (SSSR count). The first-order valence-electron chi connectivity index (χ1n) is 19.3. The van der Waals surface area contributed by atoms with Gasteiger partial charge in [0.15, 0.2) is 0 Å². The zero-order valence-corrected chi connectivity index (χ0v) is 34.3. The summed E-state index contributed by atoms with van der Waals surface area (Å²) in [6.07, 6.45) is 6.56. The molecule has 1 atom stereocenters. The first-order chi connectivity index (χ1) is 26.7. The molecule has 0 aliphatic rings. The van der Waals surface area contributed by atoms with Crippen molar-refractivity contribution in [3.8, 4) is 22.5 Å². The molecule has 0 saturated carbocycles. The number of rotatable bonds is 5. The van der Waals surface area contributed by atoms with Crippen LogP contribution in [-0.4, -0.2) is 23.0 Å². The van der Waals surface area contributed by atoms with E-state index in [0.717, 1.165) is 22.4 Å². The van der Waals surface area contributed by atoms with Gasteiger partial charge in [-0.05, 0) is 73.3 Å². The average molecular weight is 906 g/mol. The SMILES string of the molecule is Cc1c[c-]c(-c2ccc([Si](C)(C)C)cn2)c2sc3ccccc3c12.[2H]C([2H])([2H])c1n[c-]c(-c2cc(C([2H])(C)c3ccccc3)ccn2)c2oc3ccccc3c12.[Ir]. The van der Waals surface area contributed by atoms with E-state index in [1.54, 1.807) is 12.3 Å². The predicted molar refractivity (Wildman–Crippen MR) is 221 cm³/mol. The van der Waals surface area contributed by atoms with Crippen LogP contribution >= 0.6 is 11.3 Å². The molecule has 1 radical (unpaired) electrons. The number of hydrogen-bond acceptors (Lipinski definition) is 5. The van der Waals surface area contributed by atoms with Gasteiger partial charge >= 0.3 is 0 Å². The average Bonchev–Trinajstić information content (AvgIpc) is 3.78. The van der Waals surface area contributed by atoms with Crippen LogP contribution in [0.25, 0.3) is 64.6 Å². The largest absolute Gasteiger partial charge is 0.500 e. The van der Waals surface area contributed by atoms with Crippen LogP contribution in [0.1, 0.15) is 40.7 Å². The van der Waals surface area contributed by atoms with Gasteiger partial charge < -0.3 is 19.4 Å². The van der Waals surface area contributed by atoms with E-state index in [0.29, 0.717) is 33.2 Å². The van der Waals surface area contributed by atoms with Gasteiger partial charge in [-0.1, -0.05) is 136 Å². The van der Waals surface area contributed by atoms with Gasteiger partial charge in [0.05, 0.1) is 13.7 Å². The molecular formula is C46H39IrN3OSSi-2. The van der Waals surface area contributed by atoms with Gasteiger partial charge in [0.25, 0.3) is 0 Å². The number of hydrogen-bond donors (Lipinski definition) is 0. The maximum Gasteiger partial charge on any atom is 0.121 e. The van der Waals surface area contributed by atoms with Crippen molar-refractivity contribution in [1.82, 2.24) is 15.0 Å². The fourth-order valence-corrected chi connectivity index (χ4v) is 8.93. The van der Waals surface area contributed by atoms with Crippen molar-refractivity contribution in [3.05, 3.63) is 156 Å².